The third-order valence-electron chi connectivity index (χ3n) is 4.59. The summed E-state index contributed by atoms with van der Waals surface area (Å²) in [5.74, 6) is 2.43. The minimum absolute atomic E-state index is 0.170. The molecule has 2 N–H and O–H groups in total. The van der Waals surface area contributed by atoms with Crippen LogP contribution in [0.5, 0.6) is 0 Å². The molecule has 1 atom stereocenters. The van der Waals surface area contributed by atoms with E-state index >= 15 is 0 Å². The maximum absolute atomic E-state index is 13.9. The van der Waals surface area contributed by atoms with Crippen molar-refractivity contribution in [3.63, 3.8) is 0 Å². The van der Waals surface area contributed by atoms with Gasteiger partial charge in [-0.2, -0.15) is 5.10 Å². The van der Waals surface area contributed by atoms with Crippen molar-refractivity contribution < 1.29 is 4.39 Å². The van der Waals surface area contributed by atoms with Crippen molar-refractivity contribution >= 4 is 5.96 Å². The number of guanidine groups is 1. The SMILES string of the molecule is CN=C(NCc1ccc(F)c(CN(C)C)c1)NC1CCc2nc(C)nn2C1. The van der Waals surface area contributed by atoms with Crippen LogP contribution in [0, 0.1) is 12.7 Å². The van der Waals surface area contributed by atoms with Crippen molar-refractivity contribution in [1.29, 1.82) is 0 Å². The van der Waals surface area contributed by atoms with E-state index in [1.54, 1.807) is 13.1 Å². The molecule has 0 radical (unpaired) electrons. The van der Waals surface area contributed by atoms with Gasteiger partial charge in [-0.05, 0) is 45.1 Å². The lowest BCUT2D eigenvalue weighted by Gasteiger charge is -2.25. The number of hydrogen-bond donors (Lipinski definition) is 2. The van der Waals surface area contributed by atoms with E-state index in [4.69, 9.17) is 0 Å². The molecule has 0 fully saturated rings. The van der Waals surface area contributed by atoms with E-state index in [1.165, 1.54) is 6.07 Å². The molecule has 7 nitrogen and oxygen atoms in total. The first-order valence-electron chi connectivity index (χ1n) is 9.24. The number of halogens is 1. The molecule has 146 valence electrons. The molecule has 1 aliphatic rings. The van der Waals surface area contributed by atoms with Gasteiger partial charge in [-0.1, -0.05) is 6.07 Å². The second kappa shape index (κ2) is 8.47. The Bertz CT molecular complexity index is 812. The quantitative estimate of drug-likeness (QED) is 0.614. The molecule has 27 heavy (non-hydrogen) atoms. The Kier molecular flexibility index (Phi) is 6.05. The smallest absolute Gasteiger partial charge is 0.191 e. The van der Waals surface area contributed by atoms with E-state index in [9.17, 15) is 4.39 Å². The number of rotatable bonds is 5. The summed E-state index contributed by atoms with van der Waals surface area (Å²) in [7, 11) is 5.62. The van der Waals surface area contributed by atoms with Crippen molar-refractivity contribution in [2.75, 3.05) is 21.1 Å². The van der Waals surface area contributed by atoms with Gasteiger partial charge in [0.1, 0.15) is 17.5 Å². The van der Waals surface area contributed by atoms with E-state index in [2.05, 4.69) is 25.7 Å². The van der Waals surface area contributed by atoms with Crippen LogP contribution >= 0.6 is 0 Å². The molecule has 0 bridgehead atoms. The maximum atomic E-state index is 13.9. The molecular formula is C19H28FN7. The molecule has 3 rings (SSSR count). The summed E-state index contributed by atoms with van der Waals surface area (Å²) >= 11 is 0. The number of benzene rings is 1. The predicted octanol–water partition coefficient (Wildman–Crippen LogP) is 1.47. The van der Waals surface area contributed by atoms with E-state index in [-0.39, 0.29) is 11.9 Å². The third kappa shape index (κ3) is 5.03. The molecule has 0 aliphatic carbocycles. The number of aromatic nitrogens is 3. The fourth-order valence-corrected chi connectivity index (χ4v) is 3.33. The predicted molar refractivity (Wildman–Crippen MR) is 104 cm³/mol. The van der Waals surface area contributed by atoms with Crippen molar-refractivity contribution in [3.05, 3.63) is 46.8 Å². The molecule has 1 aliphatic heterocycles. The van der Waals surface area contributed by atoms with Gasteiger partial charge in [-0.25, -0.2) is 14.1 Å². The van der Waals surface area contributed by atoms with Crippen molar-refractivity contribution in [3.8, 4) is 0 Å². The van der Waals surface area contributed by atoms with Gasteiger partial charge in [0.2, 0.25) is 0 Å². The topological polar surface area (TPSA) is 70.4 Å². The van der Waals surface area contributed by atoms with Crippen LogP contribution in [0.4, 0.5) is 4.39 Å². The van der Waals surface area contributed by atoms with E-state index in [1.807, 2.05) is 36.7 Å². The standard InChI is InChI=1S/C19H28FN7/c1-13-23-18-8-6-16(12-27(18)25-13)24-19(21-2)22-10-14-5-7-17(20)15(9-14)11-26(3)4/h5,7,9,16H,6,8,10-12H2,1-4H3,(H2,21,22,24). The number of nitrogens with one attached hydrogen (secondary N) is 2. The molecule has 1 unspecified atom stereocenters. The maximum Gasteiger partial charge on any atom is 0.191 e. The highest BCUT2D eigenvalue weighted by Crippen LogP contribution is 2.14. The van der Waals surface area contributed by atoms with Crippen LogP contribution in [0.2, 0.25) is 0 Å². The molecule has 1 aromatic carbocycles. The Labute approximate surface area is 159 Å². The Balaban J connectivity index is 1.57. The monoisotopic (exact) mass is 373 g/mol. The van der Waals surface area contributed by atoms with Crippen molar-refractivity contribution in [1.82, 2.24) is 30.3 Å². The van der Waals surface area contributed by atoms with Gasteiger partial charge in [-0.15, -0.1) is 0 Å². The first kappa shape index (κ1) is 19.3. The Morgan fingerprint density at radius 1 is 1.41 bits per heavy atom. The molecule has 0 saturated carbocycles. The summed E-state index contributed by atoms with van der Waals surface area (Å²) in [5, 5.41) is 11.2. The first-order valence-corrected chi connectivity index (χ1v) is 9.24. The van der Waals surface area contributed by atoms with E-state index < -0.39 is 0 Å². The van der Waals surface area contributed by atoms with Crippen molar-refractivity contribution in [2.24, 2.45) is 4.99 Å². The lowest BCUT2D eigenvalue weighted by atomic mass is 10.1. The molecule has 0 amide bonds. The largest absolute Gasteiger partial charge is 0.352 e. The van der Waals surface area contributed by atoms with Gasteiger partial charge in [-0.3, -0.25) is 4.99 Å². The number of aliphatic imine (C=N–C) groups is 1. The first-order chi connectivity index (χ1) is 12.9. The molecule has 8 heteroatoms. The summed E-state index contributed by atoms with van der Waals surface area (Å²) < 4.78 is 15.9. The number of aryl methyl sites for hydroxylation is 2. The summed E-state index contributed by atoms with van der Waals surface area (Å²) in [6.07, 6.45) is 1.89. The second-order valence-electron chi connectivity index (χ2n) is 7.23. The third-order valence-corrected chi connectivity index (χ3v) is 4.59. The summed E-state index contributed by atoms with van der Waals surface area (Å²) in [5.41, 5.74) is 1.72. The van der Waals surface area contributed by atoms with E-state index in [0.29, 0.717) is 18.7 Å². The highest BCUT2D eigenvalue weighted by Gasteiger charge is 2.21. The number of fused-ring (bicyclic) bond motifs is 1. The highest BCUT2D eigenvalue weighted by atomic mass is 19.1. The van der Waals surface area contributed by atoms with Crippen LogP contribution in [0.1, 0.15) is 29.2 Å². The molecular weight excluding hydrogens is 345 g/mol. The second-order valence-corrected chi connectivity index (χ2v) is 7.23. The Morgan fingerprint density at radius 2 is 2.22 bits per heavy atom. The minimum atomic E-state index is -0.170. The van der Waals surface area contributed by atoms with Gasteiger partial charge in [0.05, 0.1) is 6.54 Å². The van der Waals surface area contributed by atoms with Gasteiger partial charge in [0.25, 0.3) is 0 Å². The number of nitrogens with zero attached hydrogens (tertiary/aromatic N) is 5. The number of hydrogen-bond acceptors (Lipinski definition) is 4. The van der Waals surface area contributed by atoms with Crippen LogP contribution in [0.25, 0.3) is 0 Å². The minimum Gasteiger partial charge on any atom is -0.352 e. The molecule has 1 aromatic heterocycles. The molecule has 2 aromatic rings. The molecule has 0 saturated heterocycles. The van der Waals surface area contributed by atoms with Gasteiger partial charge in [0.15, 0.2) is 5.96 Å². The van der Waals surface area contributed by atoms with Gasteiger partial charge in [0, 0.05) is 38.2 Å². The normalized spacial score (nSPS) is 17.1. The zero-order chi connectivity index (χ0) is 19.4. The Morgan fingerprint density at radius 3 is 2.96 bits per heavy atom. The van der Waals surface area contributed by atoms with Crippen LogP contribution in [0.3, 0.4) is 0 Å². The lowest BCUT2D eigenvalue weighted by molar-refractivity contribution is 0.391. The van der Waals surface area contributed by atoms with Crippen LogP contribution in [-0.4, -0.2) is 52.8 Å². The van der Waals surface area contributed by atoms with Crippen LogP contribution < -0.4 is 10.6 Å². The Hall–Kier alpha value is -2.48. The van der Waals surface area contributed by atoms with Crippen LogP contribution in [-0.2, 0) is 26.1 Å². The zero-order valence-electron chi connectivity index (χ0n) is 16.5. The average Bonchev–Trinajstić information content (AvgIpc) is 3.00. The van der Waals surface area contributed by atoms with E-state index in [0.717, 1.165) is 42.6 Å². The summed E-state index contributed by atoms with van der Waals surface area (Å²) in [6.45, 7) is 3.86. The lowest BCUT2D eigenvalue weighted by Crippen LogP contribution is -2.46. The van der Waals surface area contributed by atoms with Crippen molar-refractivity contribution in [2.45, 2.75) is 45.4 Å². The molecule has 2 heterocycles. The molecule has 0 spiro atoms. The van der Waals surface area contributed by atoms with Gasteiger partial charge >= 0.3 is 0 Å². The average molecular weight is 373 g/mol. The van der Waals surface area contributed by atoms with Gasteiger partial charge < -0.3 is 15.5 Å². The fourth-order valence-electron chi connectivity index (χ4n) is 3.33. The fraction of sp³-hybridized carbons (Fsp3) is 0.526. The summed E-state index contributed by atoms with van der Waals surface area (Å²) in [6, 6.07) is 5.49. The zero-order valence-corrected chi connectivity index (χ0v) is 16.5. The van der Waals surface area contributed by atoms with Crippen LogP contribution in [0.15, 0.2) is 23.2 Å². The summed E-state index contributed by atoms with van der Waals surface area (Å²) in [4.78, 5) is 10.7. The highest BCUT2D eigenvalue weighted by molar-refractivity contribution is 5.79.